The summed E-state index contributed by atoms with van der Waals surface area (Å²) < 4.78 is 11.6. The van der Waals surface area contributed by atoms with Crippen LogP contribution in [0.25, 0.3) is 10.8 Å². The molecule has 0 fully saturated rings. The predicted octanol–water partition coefficient (Wildman–Crippen LogP) is 6.27. The van der Waals surface area contributed by atoms with Gasteiger partial charge in [0.15, 0.2) is 0 Å². The van der Waals surface area contributed by atoms with Crippen LogP contribution in [0.5, 0.6) is 17.2 Å². The minimum absolute atomic E-state index is 0.0356. The van der Waals surface area contributed by atoms with E-state index in [1.54, 1.807) is 6.07 Å². The molecule has 3 aromatic carbocycles. The summed E-state index contributed by atoms with van der Waals surface area (Å²) in [6.45, 7) is 7.40. The average Bonchev–Trinajstić information content (AvgIpc) is 2.62. The molecule has 0 heterocycles. The maximum Gasteiger partial charge on any atom is 0.217 e. The van der Waals surface area contributed by atoms with Crippen molar-refractivity contribution in [2.24, 2.45) is 0 Å². The van der Waals surface area contributed by atoms with Crippen LogP contribution in [0.3, 0.4) is 0 Å². The number of hydrogen-bond donors (Lipinski definition) is 1. The van der Waals surface area contributed by atoms with Crippen LogP contribution in [0.4, 0.5) is 0 Å². The van der Waals surface area contributed by atoms with E-state index in [4.69, 9.17) is 21.1 Å². The van der Waals surface area contributed by atoms with Crippen molar-refractivity contribution in [1.82, 2.24) is 5.32 Å². The molecule has 0 saturated heterocycles. The first-order chi connectivity index (χ1) is 13.3. The van der Waals surface area contributed by atoms with Crippen LogP contribution in [0.2, 0.25) is 5.02 Å². The Morgan fingerprint density at radius 1 is 0.929 bits per heavy atom. The Morgan fingerprint density at radius 2 is 1.57 bits per heavy atom. The molecular weight excluding hydrogens is 374 g/mol. The third-order valence-corrected chi connectivity index (χ3v) is 4.55. The first kappa shape index (κ1) is 20.0. The molecule has 0 aliphatic rings. The third-order valence-electron chi connectivity index (χ3n) is 4.26. The number of carbonyl (C=O) groups excluding carboxylic acids is 1. The molecule has 1 amide bonds. The minimum Gasteiger partial charge on any atom is -0.489 e. The number of rotatable bonds is 6. The van der Waals surface area contributed by atoms with Gasteiger partial charge in [-0.1, -0.05) is 29.8 Å². The predicted molar refractivity (Wildman–Crippen MR) is 113 cm³/mol. The summed E-state index contributed by atoms with van der Waals surface area (Å²) in [5.41, 5.74) is 1.06. The Kier molecular flexibility index (Phi) is 6.10. The van der Waals surface area contributed by atoms with Crippen LogP contribution < -0.4 is 14.8 Å². The maximum atomic E-state index is 11.3. The molecule has 28 heavy (non-hydrogen) atoms. The second kappa shape index (κ2) is 8.53. The molecule has 3 rings (SSSR count). The Hall–Kier alpha value is -2.72. The van der Waals surface area contributed by atoms with E-state index in [-0.39, 0.29) is 18.1 Å². The van der Waals surface area contributed by atoms with Crippen LogP contribution in [0.1, 0.15) is 39.3 Å². The molecule has 0 radical (unpaired) electrons. The van der Waals surface area contributed by atoms with E-state index in [0.717, 1.165) is 22.1 Å². The standard InChI is InChI=1S/C23H24ClNO3/c1-14(2)27-23-10-9-21(13-22(23)24)28-20-8-7-18-11-17(5-6-19(18)12-20)15(3)25-16(4)26/h5-15H,1-4H3,(H,25,26). The highest BCUT2D eigenvalue weighted by molar-refractivity contribution is 6.32. The lowest BCUT2D eigenvalue weighted by Crippen LogP contribution is -2.23. The molecule has 5 heteroatoms. The third kappa shape index (κ3) is 4.96. The van der Waals surface area contributed by atoms with Gasteiger partial charge >= 0.3 is 0 Å². The number of hydrogen-bond acceptors (Lipinski definition) is 3. The van der Waals surface area contributed by atoms with Crippen LogP contribution >= 0.6 is 11.6 Å². The van der Waals surface area contributed by atoms with Crippen molar-refractivity contribution in [2.75, 3.05) is 0 Å². The SMILES string of the molecule is CC(=O)NC(C)c1ccc2cc(Oc3ccc(OC(C)C)c(Cl)c3)ccc2c1. The topological polar surface area (TPSA) is 47.6 Å². The zero-order chi connectivity index (χ0) is 20.3. The van der Waals surface area contributed by atoms with E-state index >= 15 is 0 Å². The fourth-order valence-corrected chi connectivity index (χ4v) is 3.21. The first-order valence-corrected chi connectivity index (χ1v) is 9.64. The number of ether oxygens (including phenoxy) is 2. The largest absolute Gasteiger partial charge is 0.489 e. The van der Waals surface area contributed by atoms with Crippen molar-refractivity contribution in [3.05, 3.63) is 65.2 Å². The lowest BCUT2D eigenvalue weighted by Gasteiger charge is -2.14. The van der Waals surface area contributed by atoms with E-state index in [9.17, 15) is 4.79 Å². The first-order valence-electron chi connectivity index (χ1n) is 9.26. The molecule has 1 atom stereocenters. The molecule has 146 valence electrons. The summed E-state index contributed by atoms with van der Waals surface area (Å²) in [7, 11) is 0. The zero-order valence-corrected chi connectivity index (χ0v) is 17.2. The summed E-state index contributed by atoms with van der Waals surface area (Å²) in [6, 6.07) is 17.4. The number of nitrogens with one attached hydrogen (secondary N) is 1. The van der Waals surface area contributed by atoms with Crippen LogP contribution in [0.15, 0.2) is 54.6 Å². The molecule has 0 spiro atoms. The van der Waals surface area contributed by atoms with Crippen molar-refractivity contribution in [2.45, 2.75) is 39.8 Å². The monoisotopic (exact) mass is 397 g/mol. The van der Waals surface area contributed by atoms with Crippen molar-refractivity contribution >= 4 is 28.3 Å². The smallest absolute Gasteiger partial charge is 0.217 e. The highest BCUT2D eigenvalue weighted by atomic mass is 35.5. The van der Waals surface area contributed by atoms with Crippen LogP contribution in [-0.2, 0) is 4.79 Å². The average molecular weight is 398 g/mol. The normalized spacial score (nSPS) is 12.1. The van der Waals surface area contributed by atoms with E-state index in [1.807, 2.05) is 63.2 Å². The zero-order valence-electron chi connectivity index (χ0n) is 16.5. The summed E-state index contributed by atoms with van der Waals surface area (Å²) in [5.74, 6) is 1.98. The van der Waals surface area contributed by atoms with E-state index in [2.05, 4.69) is 11.4 Å². The van der Waals surface area contributed by atoms with Crippen LogP contribution in [0, 0.1) is 0 Å². The molecule has 0 saturated carbocycles. The number of carbonyl (C=O) groups is 1. The van der Waals surface area contributed by atoms with Crippen molar-refractivity contribution in [3.8, 4) is 17.2 Å². The molecule has 0 aliphatic heterocycles. The van der Waals surface area contributed by atoms with Gasteiger partial charge in [-0.2, -0.15) is 0 Å². The van der Waals surface area contributed by atoms with Gasteiger partial charge in [0.2, 0.25) is 5.91 Å². The van der Waals surface area contributed by atoms with Crippen molar-refractivity contribution in [3.63, 3.8) is 0 Å². The number of halogens is 1. The van der Waals surface area contributed by atoms with Gasteiger partial charge in [0, 0.05) is 13.0 Å². The molecule has 0 aliphatic carbocycles. The van der Waals surface area contributed by atoms with Crippen molar-refractivity contribution in [1.29, 1.82) is 0 Å². The molecule has 1 unspecified atom stereocenters. The van der Waals surface area contributed by atoms with Crippen molar-refractivity contribution < 1.29 is 14.3 Å². The number of fused-ring (bicyclic) bond motifs is 1. The second-order valence-electron chi connectivity index (χ2n) is 7.05. The lowest BCUT2D eigenvalue weighted by atomic mass is 10.0. The highest BCUT2D eigenvalue weighted by Gasteiger charge is 2.09. The summed E-state index contributed by atoms with van der Waals surface area (Å²) in [6.07, 6.45) is 0.0583. The van der Waals surface area contributed by atoms with E-state index in [0.29, 0.717) is 16.5 Å². The molecule has 1 N–H and O–H groups in total. The summed E-state index contributed by atoms with van der Waals surface area (Å²) >= 11 is 6.28. The summed E-state index contributed by atoms with van der Waals surface area (Å²) in [4.78, 5) is 11.3. The number of benzene rings is 3. The van der Waals surface area contributed by atoms with E-state index < -0.39 is 0 Å². The Balaban J connectivity index is 1.79. The van der Waals surface area contributed by atoms with Gasteiger partial charge in [-0.05, 0) is 67.4 Å². The van der Waals surface area contributed by atoms with Gasteiger partial charge in [-0.3, -0.25) is 4.79 Å². The minimum atomic E-state index is -0.0418. The highest BCUT2D eigenvalue weighted by Crippen LogP contribution is 2.33. The fraction of sp³-hybridized carbons (Fsp3) is 0.261. The van der Waals surface area contributed by atoms with Gasteiger partial charge in [0.25, 0.3) is 0 Å². The maximum absolute atomic E-state index is 11.3. The second-order valence-corrected chi connectivity index (χ2v) is 7.46. The summed E-state index contributed by atoms with van der Waals surface area (Å²) in [5, 5.41) is 5.56. The molecular formula is C23H24ClNO3. The van der Waals surface area contributed by atoms with Gasteiger partial charge in [0.1, 0.15) is 17.2 Å². The Labute approximate surface area is 170 Å². The fourth-order valence-electron chi connectivity index (χ4n) is 2.99. The van der Waals surface area contributed by atoms with Gasteiger partial charge in [-0.15, -0.1) is 0 Å². The van der Waals surface area contributed by atoms with Gasteiger partial charge in [0.05, 0.1) is 17.2 Å². The lowest BCUT2D eigenvalue weighted by molar-refractivity contribution is -0.119. The molecule has 0 bridgehead atoms. The number of amides is 1. The van der Waals surface area contributed by atoms with E-state index in [1.165, 1.54) is 6.92 Å². The quantitative estimate of drug-likeness (QED) is 0.533. The van der Waals surface area contributed by atoms with Gasteiger partial charge < -0.3 is 14.8 Å². The Bertz CT molecular complexity index is 1000. The Morgan fingerprint density at radius 3 is 2.25 bits per heavy atom. The van der Waals surface area contributed by atoms with Gasteiger partial charge in [-0.25, -0.2) is 0 Å². The van der Waals surface area contributed by atoms with Crippen LogP contribution in [-0.4, -0.2) is 12.0 Å². The molecule has 4 nitrogen and oxygen atoms in total. The molecule has 3 aromatic rings. The molecule has 0 aromatic heterocycles.